The summed E-state index contributed by atoms with van der Waals surface area (Å²) in [5.74, 6) is -2.05. The standard InChI is InChI=1S/C30H26F5N7O3S/c1-16(2)20-12-22(32)25(40(3)4)13-24(20)42-26(43)14-46-29(42)38-28(44)37-23-10-5-17(11-21(23)31)27-36-15-41(39-27)18-6-8-19(9-7-18)45-30(33,34)35/h5-13,15-16H,14H2,1-4H3,(H,37,44). The second-order valence-corrected chi connectivity index (χ2v) is 11.4. The molecule has 3 aromatic carbocycles. The largest absolute Gasteiger partial charge is 0.573 e. The van der Waals surface area contributed by atoms with Crippen molar-refractivity contribution in [2.24, 2.45) is 4.99 Å². The Labute approximate surface area is 263 Å². The Morgan fingerprint density at radius 2 is 1.78 bits per heavy atom. The lowest BCUT2D eigenvalue weighted by Crippen LogP contribution is -2.31. The molecule has 0 spiro atoms. The Morgan fingerprint density at radius 1 is 1.07 bits per heavy atom. The van der Waals surface area contributed by atoms with Crippen molar-refractivity contribution in [2.75, 3.05) is 35.0 Å². The molecule has 4 aromatic rings. The summed E-state index contributed by atoms with van der Waals surface area (Å²) in [6.45, 7) is 3.71. The van der Waals surface area contributed by atoms with Gasteiger partial charge in [-0.2, -0.15) is 4.99 Å². The zero-order valence-corrected chi connectivity index (χ0v) is 25.6. The van der Waals surface area contributed by atoms with E-state index in [0.29, 0.717) is 16.9 Å². The van der Waals surface area contributed by atoms with Gasteiger partial charge in [0.1, 0.15) is 23.7 Å². The van der Waals surface area contributed by atoms with Crippen LogP contribution in [0.2, 0.25) is 0 Å². The summed E-state index contributed by atoms with van der Waals surface area (Å²) in [4.78, 5) is 36.8. The fourth-order valence-corrected chi connectivity index (χ4v) is 5.41. The molecule has 0 bridgehead atoms. The summed E-state index contributed by atoms with van der Waals surface area (Å²) in [6.07, 6.45) is -3.52. The van der Waals surface area contributed by atoms with E-state index in [0.717, 1.165) is 30.0 Å². The number of nitrogens with zero attached hydrogens (tertiary/aromatic N) is 6. The van der Waals surface area contributed by atoms with E-state index in [9.17, 15) is 27.2 Å². The van der Waals surface area contributed by atoms with Gasteiger partial charge in [0.15, 0.2) is 11.0 Å². The third-order valence-electron chi connectivity index (χ3n) is 6.70. The first-order valence-corrected chi connectivity index (χ1v) is 14.6. The number of anilines is 3. The fraction of sp³-hybridized carbons (Fsp3) is 0.233. The first-order valence-electron chi connectivity index (χ1n) is 13.6. The molecule has 16 heteroatoms. The van der Waals surface area contributed by atoms with E-state index in [-0.39, 0.29) is 45.5 Å². The highest BCUT2D eigenvalue weighted by Gasteiger charge is 2.34. The smallest absolute Gasteiger partial charge is 0.406 e. The summed E-state index contributed by atoms with van der Waals surface area (Å²) >= 11 is 1.03. The topological polar surface area (TPSA) is 105 Å². The van der Waals surface area contributed by atoms with E-state index in [1.54, 1.807) is 19.0 Å². The Bertz CT molecular complexity index is 1820. The van der Waals surface area contributed by atoms with Crippen molar-refractivity contribution in [3.63, 3.8) is 0 Å². The number of carbonyl (C=O) groups is 2. The molecule has 10 nitrogen and oxygen atoms in total. The van der Waals surface area contributed by atoms with E-state index in [1.165, 1.54) is 52.3 Å². The van der Waals surface area contributed by atoms with Crippen LogP contribution in [-0.2, 0) is 4.79 Å². The first-order chi connectivity index (χ1) is 21.7. The van der Waals surface area contributed by atoms with Gasteiger partial charge in [0.25, 0.3) is 0 Å². The quantitative estimate of drug-likeness (QED) is 0.214. The van der Waals surface area contributed by atoms with Crippen molar-refractivity contribution in [3.8, 4) is 22.8 Å². The molecule has 1 saturated heterocycles. The zero-order valence-electron chi connectivity index (χ0n) is 24.8. The van der Waals surface area contributed by atoms with Crippen molar-refractivity contribution >= 4 is 45.9 Å². The normalized spacial score (nSPS) is 14.3. The van der Waals surface area contributed by atoms with E-state index in [2.05, 4.69) is 25.1 Å². The van der Waals surface area contributed by atoms with Crippen LogP contribution < -0.4 is 19.9 Å². The van der Waals surface area contributed by atoms with Gasteiger partial charge in [-0.15, -0.1) is 18.3 Å². The van der Waals surface area contributed by atoms with Crippen LogP contribution in [0.3, 0.4) is 0 Å². The molecule has 1 fully saturated rings. The number of amidine groups is 1. The van der Waals surface area contributed by atoms with E-state index in [4.69, 9.17) is 0 Å². The maximum absolute atomic E-state index is 15.1. The minimum Gasteiger partial charge on any atom is -0.406 e. The Balaban J connectivity index is 1.33. The van der Waals surface area contributed by atoms with Gasteiger partial charge in [-0.25, -0.2) is 23.2 Å². The van der Waals surface area contributed by atoms with E-state index >= 15 is 4.39 Å². The van der Waals surface area contributed by atoms with Crippen molar-refractivity contribution in [1.82, 2.24) is 14.8 Å². The minimum absolute atomic E-state index is 0.00646. The zero-order chi connectivity index (χ0) is 33.3. The average Bonchev–Trinajstić information content (AvgIpc) is 3.60. The highest BCUT2D eigenvalue weighted by molar-refractivity contribution is 8.15. The monoisotopic (exact) mass is 659 g/mol. The molecule has 46 heavy (non-hydrogen) atoms. The first kappa shape index (κ1) is 32.4. The Morgan fingerprint density at radius 3 is 2.41 bits per heavy atom. The van der Waals surface area contributed by atoms with E-state index in [1.807, 2.05) is 13.8 Å². The number of thioether (sulfide) groups is 1. The van der Waals surface area contributed by atoms with Gasteiger partial charge >= 0.3 is 12.4 Å². The maximum Gasteiger partial charge on any atom is 0.573 e. The van der Waals surface area contributed by atoms with Gasteiger partial charge in [-0.1, -0.05) is 25.6 Å². The van der Waals surface area contributed by atoms with Crippen LogP contribution in [0.1, 0.15) is 25.3 Å². The number of hydrogen-bond donors (Lipinski definition) is 1. The molecule has 1 aliphatic rings. The third-order valence-corrected chi connectivity index (χ3v) is 7.62. The molecule has 5 rings (SSSR count). The lowest BCUT2D eigenvalue weighted by atomic mass is 9.99. The predicted octanol–water partition coefficient (Wildman–Crippen LogP) is 6.97. The third kappa shape index (κ3) is 7.11. The van der Waals surface area contributed by atoms with Crippen LogP contribution in [0.25, 0.3) is 17.1 Å². The molecular formula is C30H26F5N7O3S. The summed E-state index contributed by atoms with van der Waals surface area (Å²) in [7, 11) is 3.33. The van der Waals surface area contributed by atoms with Gasteiger partial charge in [0.05, 0.1) is 28.5 Å². The number of ether oxygens (including phenoxy) is 1. The van der Waals surface area contributed by atoms with E-state index < -0.39 is 29.8 Å². The molecule has 240 valence electrons. The Kier molecular flexibility index (Phi) is 9.01. The molecule has 0 aliphatic carbocycles. The number of hydrogen-bond acceptors (Lipinski definition) is 7. The minimum atomic E-state index is -4.82. The SMILES string of the molecule is CC(C)c1cc(F)c(N(C)C)cc1N1C(=O)CSC1=NC(=O)Nc1ccc(-c2ncn(-c3ccc(OC(F)(F)F)cc3)n2)cc1F. The lowest BCUT2D eigenvalue weighted by Gasteiger charge is -2.24. The number of nitrogens with one attached hydrogen (secondary N) is 1. The summed E-state index contributed by atoms with van der Waals surface area (Å²) < 4.78 is 72.2. The summed E-state index contributed by atoms with van der Waals surface area (Å²) in [6, 6.07) is 10.7. The number of aromatic nitrogens is 3. The number of alkyl halides is 3. The number of aliphatic imine (C=N–C) groups is 1. The van der Waals surface area contributed by atoms with Crippen LogP contribution in [0.4, 0.5) is 43.8 Å². The summed E-state index contributed by atoms with van der Waals surface area (Å²) in [5, 5.41) is 6.67. The van der Waals surface area contributed by atoms with Gasteiger partial charge in [0, 0.05) is 19.7 Å². The molecule has 2 heterocycles. The Hall–Kier alpha value is -4.99. The average molecular weight is 660 g/mol. The predicted molar refractivity (Wildman–Crippen MR) is 165 cm³/mol. The van der Waals surface area contributed by atoms with Crippen LogP contribution in [0, 0.1) is 11.6 Å². The lowest BCUT2D eigenvalue weighted by molar-refractivity contribution is -0.274. The number of halogens is 5. The van der Waals surface area contributed by atoms with Gasteiger partial charge < -0.3 is 15.0 Å². The molecule has 0 saturated carbocycles. The number of carbonyl (C=O) groups excluding carboxylic acids is 2. The number of amides is 3. The molecular weight excluding hydrogens is 633 g/mol. The summed E-state index contributed by atoms with van der Waals surface area (Å²) in [5.41, 5.74) is 1.65. The van der Waals surface area contributed by atoms with Crippen molar-refractivity contribution in [1.29, 1.82) is 0 Å². The highest BCUT2D eigenvalue weighted by Crippen LogP contribution is 2.37. The van der Waals surface area contributed by atoms with Gasteiger partial charge in [-0.3, -0.25) is 9.69 Å². The second-order valence-electron chi connectivity index (χ2n) is 10.5. The second kappa shape index (κ2) is 12.8. The van der Waals surface area contributed by atoms with Crippen molar-refractivity contribution in [2.45, 2.75) is 26.1 Å². The van der Waals surface area contributed by atoms with Crippen LogP contribution >= 0.6 is 11.8 Å². The fourth-order valence-electron chi connectivity index (χ4n) is 4.55. The van der Waals surface area contributed by atoms with Crippen LogP contribution in [0.15, 0.2) is 65.9 Å². The molecule has 3 amide bonds. The number of benzene rings is 3. The molecule has 1 N–H and O–H groups in total. The molecule has 0 radical (unpaired) electrons. The van der Waals surface area contributed by atoms with Crippen molar-refractivity contribution < 1.29 is 36.3 Å². The number of rotatable bonds is 7. The number of urea groups is 1. The van der Waals surface area contributed by atoms with Gasteiger partial charge in [0.2, 0.25) is 5.91 Å². The highest BCUT2D eigenvalue weighted by atomic mass is 32.2. The van der Waals surface area contributed by atoms with Gasteiger partial charge in [-0.05, 0) is 66.1 Å². The molecule has 0 unspecified atom stereocenters. The molecule has 1 aromatic heterocycles. The van der Waals surface area contributed by atoms with Crippen LogP contribution in [0.5, 0.6) is 5.75 Å². The molecule has 0 atom stereocenters. The maximum atomic E-state index is 15.1. The van der Waals surface area contributed by atoms with Crippen molar-refractivity contribution in [3.05, 3.63) is 78.1 Å². The molecule has 1 aliphatic heterocycles. The van der Waals surface area contributed by atoms with Crippen LogP contribution in [-0.4, -0.2) is 58.1 Å².